The quantitative estimate of drug-likeness (QED) is 0.781. The summed E-state index contributed by atoms with van der Waals surface area (Å²) in [5.41, 5.74) is 2.24. The number of benzene rings is 1. The third-order valence-electron chi connectivity index (χ3n) is 3.60. The van der Waals surface area contributed by atoms with Gasteiger partial charge in [-0.3, -0.25) is 9.59 Å². The van der Waals surface area contributed by atoms with E-state index in [4.69, 9.17) is 0 Å². The molecule has 5 heteroatoms. The molecule has 1 saturated heterocycles. The second kappa shape index (κ2) is 7.50. The third-order valence-corrected chi connectivity index (χ3v) is 4.86. The molecule has 1 aliphatic heterocycles. The standard InChI is InChI=1S/C16H21NO3S/c1-12-4-3-5-13(8-12)9-15(18)17-7-6-14(10-17)21-11-16(19)20-2/h3-5,8,14H,6-7,9-11H2,1-2H3/t14-/m1/s1. The summed E-state index contributed by atoms with van der Waals surface area (Å²) in [5, 5.41) is 0.338. The van der Waals surface area contributed by atoms with Crippen molar-refractivity contribution in [3.8, 4) is 0 Å². The molecule has 0 aliphatic carbocycles. The SMILES string of the molecule is COC(=O)CS[C@@H]1CCN(C(=O)Cc2cccc(C)c2)C1. The van der Waals surface area contributed by atoms with E-state index in [9.17, 15) is 9.59 Å². The van der Waals surface area contributed by atoms with E-state index in [0.717, 1.165) is 25.1 Å². The van der Waals surface area contributed by atoms with Crippen LogP contribution in [0, 0.1) is 6.92 Å². The lowest BCUT2D eigenvalue weighted by molar-refractivity contribution is -0.137. The summed E-state index contributed by atoms with van der Waals surface area (Å²) >= 11 is 1.58. The number of thioether (sulfide) groups is 1. The summed E-state index contributed by atoms with van der Waals surface area (Å²) in [4.78, 5) is 25.3. The highest BCUT2D eigenvalue weighted by Crippen LogP contribution is 2.23. The van der Waals surface area contributed by atoms with Gasteiger partial charge in [-0.15, -0.1) is 11.8 Å². The summed E-state index contributed by atoms with van der Waals surface area (Å²) in [6.07, 6.45) is 1.40. The Hall–Kier alpha value is -1.49. The zero-order chi connectivity index (χ0) is 15.2. The highest BCUT2D eigenvalue weighted by molar-refractivity contribution is 8.00. The average Bonchev–Trinajstić information content (AvgIpc) is 2.93. The Morgan fingerprint density at radius 2 is 2.24 bits per heavy atom. The van der Waals surface area contributed by atoms with E-state index in [1.165, 1.54) is 12.7 Å². The highest BCUT2D eigenvalue weighted by Gasteiger charge is 2.26. The number of carbonyl (C=O) groups excluding carboxylic acids is 2. The van der Waals surface area contributed by atoms with Crippen LogP contribution in [0.3, 0.4) is 0 Å². The zero-order valence-electron chi connectivity index (χ0n) is 12.5. The van der Waals surface area contributed by atoms with Crippen molar-refractivity contribution in [2.75, 3.05) is 26.0 Å². The molecule has 0 aromatic heterocycles. The molecule has 4 nitrogen and oxygen atoms in total. The van der Waals surface area contributed by atoms with Crippen molar-refractivity contribution >= 4 is 23.6 Å². The number of hydrogen-bond acceptors (Lipinski definition) is 4. The van der Waals surface area contributed by atoms with Gasteiger partial charge in [-0.05, 0) is 18.9 Å². The lowest BCUT2D eigenvalue weighted by Gasteiger charge is -2.16. The monoisotopic (exact) mass is 307 g/mol. The number of nitrogens with zero attached hydrogens (tertiary/aromatic N) is 1. The van der Waals surface area contributed by atoms with E-state index in [1.54, 1.807) is 11.8 Å². The Balaban J connectivity index is 1.81. The summed E-state index contributed by atoms with van der Waals surface area (Å²) in [6, 6.07) is 8.06. The first-order valence-corrected chi connectivity index (χ1v) is 8.15. The molecule has 2 rings (SSSR count). The molecule has 21 heavy (non-hydrogen) atoms. The molecule has 114 valence electrons. The van der Waals surface area contributed by atoms with Gasteiger partial charge >= 0.3 is 5.97 Å². The molecule has 1 aliphatic rings. The van der Waals surface area contributed by atoms with Crippen molar-refractivity contribution in [3.05, 3.63) is 35.4 Å². The van der Waals surface area contributed by atoms with Gasteiger partial charge in [-0.25, -0.2) is 0 Å². The Bertz CT molecular complexity index is 518. The number of likely N-dealkylation sites (tertiary alicyclic amines) is 1. The Morgan fingerprint density at radius 1 is 1.43 bits per heavy atom. The zero-order valence-corrected chi connectivity index (χ0v) is 13.3. The van der Waals surface area contributed by atoms with Gasteiger partial charge in [0.15, 0.2) is 0 Å². The van der Waals surface area contributed by atoms with E-state index >= 15 is 0 Å². The summed E-state index contributed by atoms with van der Waals surface area (Å²) in [6.45, 7) is 3.54. The lowest BCUT2D eigenvalue weighted by atomic mass is 10.1. The van der Waals surface area contributed by atoms with Crippen LogP contribution in [0.1, 0.15) is 17.5 Å². The number of methoxy groups -OCH3 is 1. The first kappa shape index (κ1) is 15.9. The van der Waals surface area contributed by atoms with Crippen LogP contribution in [0.2, 0.25) is 0 Å². The first-order valence-electron chi connectivity index (χ1n) is 7.10. The van der Waals surface area contributed by atoms with Crippen LogP contribution < -0.4 is 0 Å². The fraction of sp³-hybridized carbons (Fsp3) is 0.500. The van der Waals surface area contributed by atoms with Crippen molar-refractivity contribution in [2.24, 2.45) is 0 Å². The van der Waals surface area contributed by atoms with Gasteiger partial charge < -0.3 is 9.64 Å². The van der Waals surface area contributed by atoms with Gasteiger partial charge in [0.05, 0.1) is 19.3 Å². The Morgan fingerprint density at radius 3 is 2.95 bits per heavy atom. The van der Waals surface area contributed by atoms with Crippen molar-refractivity contribution < 1.29 is 14.3 Å². The summed E-state index contributed by atoms with van der Waals surface area (Å²) < 4.78 is 4.63. The Kier molecular flexibility index (Phi) is 5.67. The van der Waals surface area contributed by atoms with Gasteiger partial charge in [-0.1, -0.05) is 29.8 Å². The molecule has 0 unspecified atom stereocenters. The average molecular weight is 307 g/mol. The summed E-state index contributed by atoms with van der Waals surface area (Å²) in [5.74, 6) is 0.326. The van der Waals surface area contributed by atoms with Gasteiger partial charge in [-0.2, -0.15) is 0 Å². The van der Waals surface area contributed by atoms with Crippen molar-refractivity contribution in [1.29, 1.82) is 0 Å². The molecule has 0 spiro atoms. The molecule has 1 atom stereocenters. The fourth-order valence-corrected chi connectivity index (χ4v) is 3.49. The fourth-order valence-electron chi connectivity index (χ4n) is 2.44. The van der Waals surface area contributed by atoms with Crippen LogP contribution in [0.15, 0.2) is 24.3 Å². The van der Waals surface area contributed by atoms with Crippen LogP contribution in [-0.4, -0.2) is 48.0 Å². The minimum absolute atomic E-state index is 0.168. The largest absolute Gasteiger partial charge is 0.468 e. The molecular weight excluding hydrogens is 286 g/mol. The molecule has 1 aromatic carbocycles. The Labute approximate surface area is 129 Å². The number of aryl methyl sites for hydroxylation is 1. The number of rotatable bonds is 5. The van der Waals surface area contributed by atoms with Gasteiger partial charge in [0.1, 0.15) is 0 Å². The van der Waals surface area contributed by atoms with Crippen LogP contribution >= 0.6 is 11.8 Å². The third kappa shape index (κ3) is 4.77. The van der Waals surface area contributed by atoms with Crippen molar-refractivity contribution in [1.82, 2.24) is 4.90 Å². The second-order valence-electron chi connectivity index (χ2n) is 5.30. The maximum atomic E-state index is 12.3. The van der Waals surface area contributed by atoms with Gasteiger partial charge in [0.25, 0.3) is 0 Å². The normalized spacial score (nSPS) is 17.8. The van der Waals surface area contributed by atoms with E-state index in [2.05, 4.69) is 10.8 Å². The minimum Gasteiger partial charge on any atom is -0.468 e. The number of amides is 1. The number of hydrogen-bond donors (Lipinski definition) is 0. The first-order chi connectivity index (χ1) is 10.1. The molecule has 1 heterocycles. The van der Waals surface area contributed by atoms with Gasteiger partial charge in [0.2, 0.25) is 5.91 Å². The predicted octanol–water partition coefficient (Wildman–Crippen LogP) is 2.04. The predicted molar refractivity (Wildman–Crippen MR) is 84.3 cm³/mol. The maximum Gasteiger partial charge on any atom is 0.315 e. The van der Waals surface area contributed by atoms with E-state index in [-0.39, 0.29) is 11.9 Å². The molecule has 1 fully saturated rings. The van der Waals surface area contributed by atoms with Gasteiger partial charge in [0, 0.05) is 18.3 Å². The molecular formula is C16H21NO3S. The molecule has 1 amide bonds. The van der Waals surface area contributed by atoms with Crippen molar-refractivity contribution in [3.63, 3.8) is 0 Å². The maximum absolute atomic E-state index is 12.3. The van der Waals surface area contributed by atoms with Crippen molar-refractivity contribution in [2.45, 2.75) is 25.0 Å². The van der Waals surface area contributed by atoms with E-state index in [1.807, 2.05) is 30.0 Å². The van der Waals surface area contributed by atoms with Crippen LogP contribution in [0.5, 0.6) is 0 Å². The van der Waals surface area contributed by atoms with Crippen LogP contribution in [-0.2, 0) is 20.7 Å². The minimum atomic E-state index is -0.204. The lowest BCUT2D eigenvalue weighted by Crippen LogP contribution is -2.30. The summed E-state index contributed by atoms with van der Waals surface area (Å²) in [7, 11) is 1.40. The number of ether oxygens (including phenoxy) is 1. The number of esters is 1. The van der Waals surface area contributed by atoms with Crippen LogP contribution in [0.25, 0.3) is 0 Å². The highest BCUT2D eigenvalue weighted by atomic mass is 32.2. The smallest absolute Gasteiger partial charge is 0.315 e. The van der Waals surface area contributed by atoms with E-state index in [0.29, 0.717) is 17.4 Å². The second-order valence-corrected chi connectivity index (χ2v) is 6.59. The molecule has 0 N–H and O–H groups in total. The molecule has 0 saturated carbocycles. The number of carbonyl (C=O) groups is 2. The topological polar surface area (TPSA) is 46.6 Å². The molecule has 0 bridgehead atoms. The molecule has 1 aromatic rings. The molecule has 0 radical (unpaired) electrons. The van der Waals surface area contributed by atoms with E-state index < -0.39 is 0 Å². The van der Waals surface area contributed by atoms with Crippen LogP contribution in [0.4, 0.5) is 0 Å².